The van der Waals surface area contributed by atoms with Crippen molar-refractivity contribution in [1.29, 1.82) is 0 Å². The van der Waals surface area contributed by atoms with Crippen molar-refractivity contribution in [2.24, 2.45) is 5.73 Å². The molecule has 0 spiro atoms. The van der Waals surface area contributed by atoms with Gasteiger partial charge in [-0.1, -0.05) is 36.8 Å². The molecule has 1 heterocycles. The minimum absolute atomic E-state index is 0.0125. The van der Waals surface area contributed by atoms with Crippen LogP contribution >= 0.6 is 0 Å². The molecule has 1 saturated heterocycles. The molecule has 2 rings (SSSR count). The van der Waals surface area contributed by atoms with Crippen LogP contribution in [0.15, 0.2) is 30.3 Å². The van der Waals surface area contributed by atoms with Gasteiger partial charge >= 0.3 is 0 Å². The molecule has 1 fully saturated rings. The lowest BCUT2D eigenvalue weighted by molar-refractivity contribution is -0.125. The maximum Gasteiger partial charge on any atom is 0.239 e. The summed E-state index contributed by atoms with van der Waals surface area (Å²) in [5, 5.41) is 5.39. The first-order valence-corrected chi connectivity index (χ1v) is 8.20. The van der Waals surface area contributed by atoms with E-state index in [1.807, 2.05) is 6.07 Å². The molecule has 1 aliphatic rings. The number of rotatable bonds is 7. The first kappa shape index (κ1) is 17.4. The second kappa shape index (κ2) is 9.27. The summed E-state index contributed by atoms with van der Waals surface area (Å²) in [6, 6.07) is 10.7. The Kier molecular flexibility index (Phi) is 7.03. The number of nitrogens with one attached hydrogen (secondary N) is 2. The van der Waals surface area contributed by atoms with Crippen LogP contribution in [0.2, 0.25) is 0 Å². The van der Waals surface area contributed by atoms with Gasteiger partial charge in [0.15, 0.2) is 0 Å². The van der Waals surface area contributed by atoms with Crippen LogP contribution in [0.3, 0.4) is 0 Å². The third-order valence-electron chi connectivity index (χ3n) is 4.14. The van der Waals surface area contributed by atoms with Gasteiger partial charge in [-0.3, -0.25) is 14.5 Å². The zero-order valence-corrected chi connectivity index (χ0v) is 13.5. The van der Waals surface area contributed by atoms with Crippen molar-refractivity contribution in [2.45, 2.75) is 31.8 Å². The number of hydrogen-bond donors (Lipinski definition) is 3. The lowest BCUT2D eigenvalue weighted by Crippen LogP contribution is -2.48. The van der Waals surface area contributed by atoms with E-state index in [1.165, 1.54) is 18.4 Å². The molecule has 0 radical (unpaired) electrons. The van der Waals surface area contributed by atoms with E-state index in [1.54, 1.807) is 0 Å². The summed E-state index contributed by atoms with van der Waals surface area (Å²) >= 11 is 0. The van der Waals surface area contributed by atoms with E-state index in [0.29, 0.717) is 12.6 Å². The number of likely N-dealkylation sites (tertiary alicyclic amines) is 1. The van der Waals surface area contributed by atoms with Crippen molar-refractivity contribution in [1.82, 2.24) is 15.5 Å². The van der Waals surface area contributed by atoms with E-state index in [9.17, 15) is 9.59 Å². The molecule has 1 aromatic carbocycles. The second-order valence-corrected chi connectivity index (χ2v) is 5.89. The van der Waals surface area contributed by atoms with Gasteiger partial charge in [0.2, 0.25) is 11.8 Å². The summed E-state index contributed by atoms with van der Waals surface area (Å²) in [7, 11) is 0. The van der Waals surface area contributed by atoms with Crippen molar-refractivity contribution >= 4 is 11.8 Å². The van der Waals surface area contributed by atoms with Gasteiger partial charge in [-0.15, -0.1) is 0 Å². The van der Waals surface area contributed by atoms with Crippen molar-refractivity contribution < 1.29 is 9.59 Å². The zero-order valence-electron chi connectivity index (χ0n) is 13.5. The number of hydrogen-bond acceptors (Lipinski definition) is 4. The van der Waals surface area contributed by atoms with E-state index in [2.05, 4.69) is 39.8 Å². The average Bonchev–Trinajstić information content (AvgIpc) is 2.59. The highest BCUT2D eigenvalue weighted by Crippen LogP contribution is 2.19. The smallest absolute Gasteiger partial charge is 0.239 e. The molecule has 0 aromatic heterocycles. The van der Waals surface area contributed by atoms with Gasteiger partial charge in [-0.05, 0) is 24.9 Å². The lowest BCUT2D eigenvalue weighted by atomic mass is 10.0. The molecule has 0 saturated carbocycles. The Morgan fingerprint density at radius 1 is 1.13 bits per heavy atom. The summed E-state index contributed by atoms with van der Waals surface area (Å²) < 4.78 is 0. The minimum atomic E-state index is -0.316. The number of carbonyl (C=O) groups excluding carboxylic acids is 2. The Morgan fingerprint density at radius 3 is 2.65 bits per heavy atom. The molecule has 126 valence electrons. The first-order chi connectivity index (χ1) is 11.2. The SMILES string of the molecule is NCC(=O)NCC(=O)NCC1CCCCN1Cc1ccccc1. The molecule has 1 aliphatic heterocycles. The van der Waals surface area contributed by atoms with Crippen LogP contribution in [-0.4, -0.2) is 48.9 Å². The molecule has 6 heteroatoms. The standard InChI is InChI=1S/C17H26N4O2/c18-10-16(22)20-12-17(23)19-11-15-8-4-5-9-21(15)13-14-6-2-1-3-7-14/h1-3,6-7,15H,4-5,8-13,18H2,(H,19,23)(H,20,22). The summed E-state index contributed by atoms with van der Waals surface area (Å²) in [5.74, 6) is -0.486. The predicted molar refractivity (Wildman–Crippen MR) is 89.6 cm³/mol. The van der Waals surface area contributed by atoms with E-state index >= 15 is 0 Å². The first-order valence-electron chi connectivity index (χ1n) is 8.20. The predicted octanol–water partition coefficient (Wildman–Crippen LogP) is 0.232. The summed E-state index contributed by atoms with van der Waals surface area (Å²) in [6.45, 7) is 2.47. The van der Waals surface area contributed by atoms with Crippen molar-refractivity contribution in [3.63, 3.8) is 0 Å². The quantitative estimate of drug-likeness (QED) is 0.672. The van der Waals surface area contributed by atoms with Crippen LogP contribution in [0, 0.1) is 0 Å². The summed E-state index contributed by atoms with van der Waals surface area (Å²) in [6.07, 6.45) is 3.47. The van der Waals surface area contributed by atoms with E-state index in [-0.39, 0.29) is 24.9 Å². The molecule has 1 atom stereocenters. The fourth-order valence-electron chi connectivity index (χ4n) is 2.86. The van der Waals surface area contributed by atoms with Gasteiger partial charge in [0, 0.05) is 19.1 Å². The van der Waals surface area contributed by atoms with Gasteiger partial charge in [-0.25, -0.2) is 0 Å². The molecule has 6 nitrogen and oxygen atoms in total. The number of benzene rings is 1. The normalized spacial score (nSPS) is 18.4. The third-order valence-corrected chi connectivity index (χ3v) is 4.14. The van der Waals surface area contributed by atoms with Crippen LogP contribution in [-0.2, 0) is 16.1 Å². The average molecular weight is 318 g/mol. The molecule has 23 heavy (non-hydrogen) atoms. The van der Waals surface area contributed by atoms with Gasteiger partial charge < -0.3 is 16.4 Å². The van der Waals surface area contributed by atoms with Crippen LogP contribution in [0.5, 0.6) is 0 Å². The Bertz CT molecular complexity index is 507. The largest absolute Gasteiger partial charge is 0.353 e. The summed E-state index contributed by atoms with van der Waals surface area (Å²) in [5.41, 5.74) is 6.48. The Morgan fingerprint density at radius 2 is 1.91 bits per heavy atom. The molecule has 0 bridgehead atoms. The maximum absolute atomic E-state index is 11.8. The van der Waals surface area contributed by atoms with Crippen LogP contribution in [0.1, 0.15) is 24.8 Å². The van der Waals surface area contributed by atoms with Crippen molar-refractivity contribution in [2.75, 3.05) is 26.2 Å². The van der Waals surface area contributed by atoms with E-state index < -0.39 is 0 Å². The molecule has 4 N–H and O–H groups in total. The highest BCUT2D eigenvalue weighted by Gasteiger charge is 2.22. The molecular weight excluding hydrogens is 292 g/mol. The Labute approximate surface area is 137 Å². The van der Waals surface area contributed by atoms with E-state index in [0.717, 1.165) is 19.5 Å². The van der Waals surface area contributed by atoms with Crippen LogP contribution in [0.4, 0.5) is 0 Å². The number of nitrogens with zero attached hydrogens (tertiary/aromatic N) is 1. The fourth-order valence-corrected chi connectivity index (χ4v) is 2.86. The zero-order chi connectivity index (χ0) is 16.5. The maximum atomic E-state index is 11.8. The topological polar surface area (TPSA) is 87.5 Å². The van der Waals surface area contributed by atoms with Crippen molar-refractivity contribution in [3.05, 3.63) is 35.9 Å². The number of carbonyl (C=O) groups is 2. The van der Waals surface area contributed by atoms with Crippen LogP contribution < -0.4 is 16.4 Å². The minimum Gasteiger partial charge on any atom is -0.353 e. The van der Waals surface area contributed by atoms with Gasteiger partial charge in [0.05, 0.1) is 13.1 Å². The van der Waals surface area contributed by atoms with Gasteiger partial charge in [0.1, 0.15) is 0 Å². The Hall–Kier alpha value is -1.92. The summed E-state index contributed by atoms with van der Waals surface area (Å²) in [4.78, 5) is 25.3. The number of amides is 2. The molecule has 1 unspecified atom stereocenters. The number of piperidine rings is 1. The third kappa shape index (κ3) is 6.00. The monoisotopic (exact) mass is 318 g/mol. The lowest BCUT2D eigenvalue weighted by Gasteiger charge is -2.35. The van der Waals surface area contributed by atoms with Gasteiger partial charge in [-0.2, -0.15) is 0 Å². The molecule has 2 amide bonds. The van der Waals surface area contributed by atoms with Gasteiger partial charge in [0.25, 0.3) is 0 Å². The number of nitrogens with two attached hydrogens (primary N) is 1. The molecule has 1 aromatic rings. The Balaban J connectivity index is 1.79. The molecule has 0 aliphatic carbocycles. The highest BCUT2D eigenvalue weighted by molar-refractivity contribution is 5.85. The van der Waals surface area contributed by atoms with Crippen molar-refractivity contribution in [3.8, 4) is 0 Å². The second-order valence-electron chi connectivity index (χ2n) is 5.89. The van der Waals surface area contributed by atoms with Crippen LogP contribution in [0.25, 0.3) is 0 Å². The fraction of sp³-hybridized carbons (Fsp3) is 0.529. The molecular formula is C17H26N4O2. The highest BCUT2D eigenvalue weighted by atomic mass is 16.2. The van der Waals surface area contributed by atoms with E-state index in [4.69, 9.17) is 5.73 Å².